The first-order valence-electron chi connectivity index (χ1n) is 15.9. The van der Waals surface area contributed by atoms with Crippen LogP contribution < -0.4 is 9.64 Å². The fourth-order valence-corrected chi connectivity index (χ4v) is 9.51. The fourth-order valence-electron chi connectivity index (χ4n) is 7.31. The van der Waals surface area contributed by atoms with Crippen LogP contribution in [0.4, 0.5) is 5.69 Å². The fraction of sp³-hybridized carbons (Fsp3) is 0.618. The van der Waals surface area contributed by atoms with E-state index in [2.05, 4.69) is 20.1 Å². The summed E-state index contributed by atoms with van der Waals surface area (Å²) in [6.45, 7) is 17.4. The number of rotatable bonds is 16. The maximum atomic E-state index is 14.7. The highest BCUT2D eigenvalue weighted by atomic mass is 32.2. The van der Waals surface area contributed by atoms with Gasteiger partial charge in [0.25, 0.3) is 0 Å². The zero-order valence-corrected chi connectivity index (χ0v) is 27.1. The predicted molar refractivity (Wildman–Crippen MR) is 173 cm³/mol. The van der Waals surface area contributed by atoms with E-state index in [0.717, 1.165) is 37.1 Å². The number of fused-ring (bicyclic) bond motifs is 1. The molecule has 236 valence electrons. The van der Waals surface area contributed by atoms with Crippen LogP contribution in [0.25, 0.3) is 0 Å². The summed E-state index contributed by atoms with van der Waals surface area (Å²) in [5, 5.41) is 10.6. The average Bonchev–Trinajstić information content (AvgIpc) is 3.66. The topological polar surface area (TPSA) is 90.4 Å². The molecule has 3 amide bonds. The molecule has 8 nitrogen and oxygen atoms in total. The Kier molecular flexibility index (Phi) is 11.0. The summed E-state index contributed by atoms with van der Waals surface area (Å²) in [5.74, 6) is -0.887. The minimum absolute atomic E-state index is 0.0135. The summed E-state index contributed by atoms with van der Waals surface area (Å²) in [4.78, 5) is 48.9. The van der Waals surface area contributed by atoms with Crippen molar-refractivity contribution >= 4 is 35.2 Å². The van der Waals surface area contributed by atoms with Gasteiger partial charge in [0.2, 0.25) is 17.7 Å². The third-order valence-electron chi connectivity index (χ3n) is 9.58. The maximum Gasteiger partial charge on any atom is 0.247 e. The predicted octanol–water partition coefficient (Wildman–Crippen LogP) is 4.92. The van der Waals surface area contributed by atoms with E-state index in [1.165, 1.54) is 0 Å². The van der Waals surface area contributed by atoms with Crippen LogP contribution in [-0.2, 0) is 14.4 Å². The Hall–Kier alpha value is -2.78. The molecule has 4 rings (SSSR count). The van der Waals surface area contributed by atoms with Crippen LogP contribution in [0.2, 0.25) is 0 Å². The lowest BCUT2D eigenvalue weighted by molar-refractivity contribution is -0.146. The normalized spacial score (nSPS) is 27.0. The zero-order chi connectivity index (χ0) is 31.3. The van der Waals surface area contributed by atoms with Gasteiger partial charge in [0.1, 0.15) is 11.8 Å². The van der Waals surface area contributed by atoms with Gasteiger partial charge in [-0.25, -0.2) is 0 Å². The molecule has 0 radical (unpaired) electrons. The van der Waals surface area contributed by atoms with E-state index in [0.29, 0.717) is 32.7 Å². The molecule has 2 bridgehead atoms. The van der Waals surface area contributed by atoms with Crippen molar-refractivity contribution in [2.45, 2.75) is 81.9 Å². The number of ether oxygens (including phenoxy) is 1. The lowest BCUT2D eigenvalue weighted by atomic mass is 9.70. The summed E-state index contributed by atoms with van der Waals surface area (Å²) < 4.78 is 4.88. The Morgan fingerprint density at radius 1 is 1.16 bits per heavy atom. The van der Waals surface area contributed by atoms with Gasteiger partial charge in [-0.2, -0.15) is 0 Å². The molecular formula is C34H49N3O5S. The number of thioether (sulfide) groups is 1. The summed E-state index contributed by atoms with van der Waals surface area (Å²) in [6, 6.07) is 6.18. The molecule has 3 aliphatic rings. The molecule has 2 unspecified atom stereocenters. The number of likely N-dealkylation sites (tertiary alicyclic amines) is 1. The number of hydrogen-bond donors (Lipinski definition) is 1. The van der Waals surface area contributed by atoms with Crippen molar-refractivity contribution in [2.24, 2.45) is 17.8 Å². The van der Waals surface area contributed by atoms with Crippen molar-refractivity contribution in [1.29, 1.82) is 0 Å². The molecule has 1 aromatic rings. The van der Waals surface area contributed by atoms with Crippen molar-refractivity contribution in [3.05, 3.63) is 49.6 Å². The standard InChI is InChI=1S/C34H49N3O5S/c1-7-12-21-35(19-8-2)33(41)30-34-18-17-27(43-34)28(29(34)32(40)37(30)26(22-38)23(6)10-4)31(39)36(20-9-3)24-13-15-25(16-14-24)42-11-5/h8-9,13-16,23,26-30,38H,2-3,7,10-12,17-22H2,1,4-6H3/t23-,26-,27+,28-,29-,30?,34?/m0/s1. The van der Waals surface area contributed by atoms with Crippen LogP contribution in [0.5, 0.6) is 5.75 Å². The van der Waals surface area contributed by atoms with Gasteiger partial charge in [0.15, 0.2) is 0 Å². The number of anilines is 1. The van der Waals surface area contributed by atoms with Crippen LogP contribution in [-0.4, -0.2) is 87.6 Å². The number of amides is 3. The van der Waals surface area contributed by atoms with E-state index in [-0.39, 0.29) is 35.5 Å². The minimum Gasteiger partial charge on any atom is -0.494 e. The summed E-state index contributed by atoms with van der Waals surface area (Å²) in [7, 11) is 0. The Morgan fingerprint density at radius 2 is 1.86 bits per heavy atom. The highest BCUT2D eigenvalue weighted by Gasteiger charge is 2.74. The SMILES string of the molecule is C=CCN(CCCC)C(=O)C1N([C@@H](CO)[C@@H](C)CC)C(=O)[C@@H]2[C@@H](C(=O)N(CC=C)c3ccc(OCC)cc3)[C@H]3CCC12S3. The Labute approximate surface area is 261 Å². The smallest absolute Gasteiger partial charge is 0.247 e. The Balaban J connectivity index is 1.77. The number of carbonyl (C=O) groups is 3. The van der Waals surface area contributed by atoms with Gasteiger partial charge >= 0.3 is 0 Å². The van der Waals surface area contributed by atoms with Crippen molar-refractivity contribution in [3.8, 4) is 5.75 Å². The number of nitrogens with zero attached hydrogens (tertiary/aromatic N) is 3. The molecule has 1 N–H and O–H groups in total. The number of carbonyl (C=O) groups excluding carboxylic acids is 3. The first kappa shape index (κ1) is 33.1. The molecule has 1 aromatic carbocycles. The molecule has 7 atom stereocenters. The molecule has 43 heavy (non-hydrogen) atoms. The molecule has 0 aliphatic carbocycles. The van der Waals surface area contributed by atoms with E-state index in [4.69, 9.17) is 4.74 Å². The summed E-state index contributed by atoms with van der Waals surface area (Å²) in [5.41, 5.74) is 0.717. The van der Waals surface area contributed by atoms with Crippen LogP contribution in [0.1, 0.15) is 59.8 Å². The molecule has 9 heteroatoms. The first-order valence-corrected chi connectivity index (χ1v) is 16.8. The van der Waals surface area contributed by atoms with E-state index in [1.54, 1.807) is 33.7 Å². The number of hydrogen-bond acceptors (Lipinski definition) is 6. The number of benzene rings is 1. The van der Waals surface area contributed by atoms with Crippen LogP contribution in [0, 0.1) is 17.8 Å². The van der Waals surface area contributed by atoms with Crippen LogP contribution in [0.3, 0.4) is 0 Å². The third kappa shape index (κ3) is 5.99. The monoisotopic (exact) mass is 611 g/mol. The molecule has 3 heterocycles. The van der Waals surface area contributed by atoms with Crippen molar-refractivity contribution in [1.82, 2.24) is 9.80 Å². The van der Waals surface area contributed by atoms with E-state index in [1.807, 2.05) is 49.9 Å². The molecule has 0 saturated carbocycles. The van der Waals surface area contributed by atoms with Crippen LogP contribution in [0.15, 0.2) is 49.6 Å². The summed E-state index contributed by atoms with van der Waals surface area (Å²) >= 11 is 1.67. The largest absolute Gasteiger partial charge is 0.494 e. The molecule has 1 spiro atoms. The second-order valence-corrected chi connectivity index (χ2v) is 13.6. The quantitative estimate of drug-likeness (QED) is 0.267. The second kappa shape index (κ2) is 14.3. The van der Waals surface area contributed by atoms with Crippen molar-refractivity contribution in [3.63, 3.8) is 0 Å². The molecule has 3 fully saturated rings. The van der Waals surface area contributed by atoms with E-state index in [9.17, 15) is 19.5 Å². The highest BCUT2D eigenvalue weighted by Crippen LogP contribution is 2.67. The number of unbranched alkanes of at least 4 members (excludes halogenated alkanes) is 1. The van der Waals surface area contributed by atoms with E-state index < -0.39 is 28.7 Å². The van der Waals surface area contributed by atoms with Gasteiger partial charge in [-0.3, -0.25) is 14.4 Å². The Morgan fingerprint density at radius 3 is 2.44 bits per heavy atom. The van der Waals surface area contributed by atoms with Crippen LogP contribution >= 0.6 is 11.8 Å². The van der Waals surface area contributed by atoms with Crippen molar-refractivity contribution in [2.75, 3.05) is 37.7 Å². The highest BCUT2D eigenvalue weighted by molar-refractivity contribution is 8.02. The zero-order valence-electron chi connectivity index (χ0n) is 26.2. The average molecular weight is 612 g/mol. The lowest BCUT2D eigenvalue weighted by Crippen LogP contribution is -2.58. The second-order valence-electron chi connectivity index (χ2n) is 12.0. The van der Waals surface area contributed by atoms with Gasteiger partial charge < -0.3 is 24.5 Å². The number of aliphatic hydroxyl groups excluding tert-OH is 1. The summed E-state index contributed by atoms with van der Waals surface area (Å²) in [6.07, 6.45) is 7.42. The molecular weight excluding hydrogens is 562 g/mol. The minimum atomic E-state index is -0.737. The maximum absolute atomic E-state index is 14.7. The molecule has 3 aliphatic heterocycles. The van der Waals surface area contributed by atoms with Gasteiger partial charge in [0.05, 0.1) is 35.8 Å². The first-order chi connectivity index (χ1) is 20.7. The Bertz CT molecular complexity index is 1180. The van der Waals surface area contributed by atoms with Gasteiger partial charge in [-0.1, -0.05) is 45.8 Å². The van der Waals surface area contributed by atoms with Crippen molar-refractivity contribution < 1.29 is 24.2 Å². The van der Waals surface area contributed by atoms with Gasteiger partial charge in [0, 0.05) is 30.6 Å². The lowest BCUT2D eigenvalue weighted by Gasteiger charge is -2.41. The van der Waals surface area contributed by atoms with Gasteiger partial charge in [-0.15, -0.1) is 24.9 Å². The number of aliphatic hydroxyl groups is 1. The van der Waals surface area contributed by atoms with Gasteiger partial charge in [-0.05, 0) is 56.4 Å². The van der Waals surface area contributed by atoms with E-state index >= 15 is 0 Å². The molecule has 0 aromatic heterocycles. The third-order valence-corrected chi connectivity index (χ3v) is 11.5. The molecule has 3 saturated heterocycles.